The number of piperidine rings is 1. The van der Waals surface area contributed by atoms with Crippen LogP contribution in [0.15, 0.2) is 0 Å². The minimum atomic E-state index is 0.596. The average Bonchev–Trinajstić information content (AvgIpc) is 2.37. The Morgan fingerprint density at radius 2 is 2.12 bits per heavy atom. The Morgan fingerprint density at radius 3 is 2.88 bits per heavy atom. The van der Waals surface area contributed by atoms with Crippen molar-refractivity contribution in [2.24, 2.45) is 0 Å². The van der Waals surface area contributed by atoms with E-state index in [1.807, 2.05) is 0 Å². The number of morpholine rings is 1. The van der Waals surface area contributed by atoms with Crippen molar-refractivity contribution in [3.05, 3.63) is 0 Å². The van der Waals surface area contributed by atoms with Crippen LogP contribution in [-0.2, 0) is 9.47 Å². The molecule has 16 heavy (non-hydrogen) atoms. The molecule has 0 aliphatic carbocycles. The van der Waals surface area contributed by atoms with Crippen LogP contribution in [0, 0.1) is 0 Å². The predicted molar refractivity (Wildman–Crippen MR) is 63.7 cm³/mol. The van der Waals surface area contributed by atoms with Gasteiger partial charge in [-0.15, -0.1) is 0 Å². The van der Waals surface area contributed by atoms with E-state index in [0.29, 0.717) is 6.04 Å². The number of rotatable bonds is 5. The first kappa shape index (κ1) is 12.3. The van der Waals surface area contributed by atoms with Gasteiger partial charge >= 0.3 is 0 Å². The van der Waals surface area contributed by atoms with Gasteiger partial charge in [-0.25, -0.2) is 0 Å². The smallest absolute Gasteiger partial charge is 0.0620 e. The molecule has 1 atom stereocenters. The first-order valence-electron chi connectivity index (χ1n) is 6.56. The lowest BCUT2D eigenvalue weighted by atomic mass is 10.1. The summed E-state index contributed by atoms with van der Waals surface area (Å²) in [4.78, 5) is 2.41. The van der Waals surface area contributed by atoms with E-state index < -0.39 is 0 Å². The van der Waals surface area contributed by atoms with Crippen LogP contribution in [0.2, 0.25) is 0 Å². The van der Waals surface area contributed by atoms with Crippen LogP contribution >= 0.6 is 0 Å². The van der Waals surface area contributed by atoms with E-state index in [-0.39, 0.29) is 0 Å². The zero-order valence-electron chi connectivity index (χ0n) is 10.1. The molecule has 0 bridgehead atoms. The number of hydrogen-bond acceptors (Lipinski definition) is 4. The first-order valence-corrected chi connectivity index (χ1v) is 6.56. The molecule has 2 heterocycles. The lowest BCUT2D eigenvalue weighted by Gasteiger charge is -2.27. The van der Waals surface area contributed by atoms with Gasteiger partial charge in [0.1, 0.15) is 0 Å². The first-order chi connectivity index (χ1) is 7.95. The Bertz CT molecular complexity index is 158. The SMILES string of the molecule is C1CCC(COCCN2CCOCC2)NC1. The summed E-state index contributed by atoms with van der Waals surface area (Å²) in [6.07, 6.45) is 3.95. The molecular formula is C12H24N2O2. The van der Waals surface area contributed by atoms with Crippen LogP contribution in [0.4, 0.5) is 0 Å². The summed E-state index contributed by atoms with van der Waals surface area (Å²) >= 11 is 0. The molecule has 1 N–H and O–H groups in total. The number of hydrogen-bond donors (Lipinski definition) is 1. The van der Waals surface area contributed by atoms with Crippen molar-refractivity contribution in [2.75, 3.05) is 52.6 Å². The van der Waals surface area contributed by atoms with E-state index in [2.05, 4.69) is 10.2 Å². The van der Waals surface area contributed by atoms with Gasteiger partial charge in [0.05, 0.1) is 26.4 Å². The molecular weight excluding hydrogens is 204 g/mol. The van der Waals surface area contributed by atoms with Crippen LogP contribution in [0.5, 0.6) is 0 Å². The Morgan fingerprint density at radius 1 is 1.25 bits per heavy atom. The monoisotopic (exact) mass is 228 g/mol. The van der Waals surface area contributed by atoms with Gasteiger partial charge in [0, 0.05) is 25.7 Å². The van der Waals surface area contributed by atoms with Gasteiger partial charge in [0.25, 0.3) is 0 Å². The minimum absolute atomic E-state index is 0.596. The second kappa shape index (κ2) is 7.22. The molecule has 2 aliphatic rings. The zero-order chi connectivity index (χ0) is 11.1. The zero-order valence-corrected chi connectivity index (χ0v) is 10.1. The Hall–Kier alpha value is -0.160. The highest BCUT2D eigenvalue weighted by molar-refractivity contribution is 4.71. The summed E-state index contributed by atoms with van der Waals surface area (Å²) in [7, 11) is 0. The van der Waals surface area contributed by atoms with Gasteiger partial charge in [-0.2, -0.15) is 0 Å². The Balaban J connectivity index is 1.47. The van der Waals surface area contributed by atoms with E-state index in [0.717, 1.165) is 52.6 Å². The van der Waals surface area contributed by atoms with E-state index in [4.69, 9.17) is 9.47 Å². The summed E-state index contributed by atoms with van der Waals surface area (Å²) in [5.74, 6) is 0. The second-order valence-corrected chi connectivity index (χ2v) is 4.68. The van der Waals surface area contributed by atoms with Gasteiger partial charge in [-0.3, -0.25) is 4.90 Å². The fraction of sp³-hybridized carbons (Fsp3) is 1.00. The third-order valence-electron chi connectivity index (χ3n) is 3.39. The molecule has 0 aromatic carbocycles. The molecule has 1 unspecified atom stereocenters. The fourth-order valence-electron chi connectivity index (χ4n) is 2.31. The Kier molecular flexibility index (Phi) is 5.55. The average molecular weight is 228 g/mol. The molecule has 2 saturated heterocycles. The third-order valence-corrected chi connectivity index (χ3v) is 3.39. The number of nitrogens with one attached hydrogen (secondary N) is 1. The van der Waals surface area contributed by atoms with Crippen LogP contribution in [0.1, 0.15) is 19.3 Å². The lowest BCUT2D eigenvalue weighted by molar-refractivity contribution is 0.0169. The molecule has 2 rings (SSSR count). The van der Waals surface area contributed by atoms with Crippen LogP contribution in [0.3, 0.4) is 0 Å². The van der Waals surface area contributed by atoms with Gasteiger partial charge in [-0.05, 0) is 19.4 Å². The maximum Gasteiger partial charge on any atom is 0.0620 e. The van der Waals surface area contributed by atoms with Crippen molar-refractivity contribution in [1.82, 2.24) is 10.2 Å². The summed E-state index contributed by atoms with van der Waals surface area (Å²) in [6.45, 7) is 7.83. The van der Waals surface area contributed by atoms with Crippen molar-refractivity contribution in [3.63, 3.8) is 0 Å². The summed E-state index contributed by atoms with van der Waals surface area (Å²) in [5, 5.41) is 3.50. The van der Waals surface area contributed by atoms with Crippen molar-refractivity contribution >= 4 is 0 Å². The lowest BCUT2D eigenvalue weighted by Crippen LogP contribution is -2.40. The van der Waals surface area contributed by atoms with Crippen LogP contribution in [-0.4, -0.2) is 63.5 Å². The van der Waals surface area contributed by atoms with Crippen molar-refractivity contribution in [2.45, 2.75) is 25.3 Å². The maximum atomic E-state index is 5.73. The molecule has 0 aromatic heterocycles. The molecule has 0 spiro atoms. The highest BCUT2D eigenvalue weighted by atomic mass is 16.5. The largest absolute Gasteiger partial charge is 0.379 e. The molecule has 94 valence electrons. The molecule has 0 saturated carbocycles. The molecule has 0 aromatic rings. The summed E-state index contributed by atoms with van der Waals surface area (Å²) in [6, 6.07) is 0.596. The van der Waals surface area contributed by atoms with E-state index >= 15 is 0 Å². The quantitative estimate of drug-likeness (QED) is 0.694. The molecule has 0 radical (unpaired) electrons. The third kappa shape index (κ3) is 4.37. The number of ether oxygens (including phenoxy) is 2. The molecule has 2 fully saturated rings. The second-order valence-electron chi connectivity index (χ2n) is 4.68. The highest BCUT2D eigenvalue weighted by Gasteiger charge is 2.13. The van der Waals surface area contributed by atoms with Gasteiger partial charge < -0.3 is 14.8 Å². The maximum absolute atomic E-state index is 5.73. The molecule has 4 heteroatoms. The van der Waals surface area contributed by atoms with Crippen LogP contribution < -0.4 is 5.32 Å². The normalized spacial score (nSPS) is 28.1. The number of nitrogens with zero attached hydrogens (tertiary/aromatic N) is 1. The molecule has 2 aliphatic heterocycles. The summed E-state index contributed by atoms with van der Waals surface area (Å²) in [5.41, 5.74) is 0. The topological polar surface area (TPSA) is 33.7 Å². The molecule has 0 amide bonds. The van der Waals surface area contributed by atoms with Crippen LogP contribution in [0.25, 0.3) is 0 Å². The van der Waals surface area contributed by atoms with E-state index in [9.17, 15) is 0 Å². The summed E-state index contributed by atoms with van der Waals surface area (Å²) < 4.78 is 11.0. The standard InChI is InChI=1S/C12H24N2O2/c1-2-4-13-12(3-1)11-16-10-7-14-5-8-15-9-6-14/h12-13H,1-11H2. The molecule has 4 nitrogen and oxygen atoms in total. The van der Waals surface area contributed by atoms with Gasteiger partial charge in [-0.1, -0.05) is 6.42 Å². The minimum Gasteiger partial charge on any atom is -0.379 e. The van der Waals surface area contributed by atoms with E-state index in [1.165, 1.54) is 19.3 Å². The van der Waals surface area contributed by atoms with Gasteiger partial charge in [0.15, 0.2) is 0 Å². The highest BCUT2D eigenvalue weighted by Crippen LogP contribution is 2.07. The van der Waals surface area contributed by atoms with Gasteiger partial charge in [0.2, 0.25) is 0 Å². The predicted octanol–water partition coefficient (Wildman–Crippen LogP) is 0.477. The fourth-order valence-corrected chi connectivity index (χ4v) is 2.31. The van der Waals surface area contributed by atoms with Crippen molar-refractivity contribution < 1.29 is 9.47 Å². The van der Waals surface area contributed by atoms with E-state index in [1.54, 1.807) is 0 Å². The van der Waals surface area contributed by atoms with Crippen molar-refractivity contribution in [1.29, 1.82) is 0 Å². The van der Waals surface area contributed by atoms with Crippen molar-refractivity contribution in [3.8, 4) is 0 Å². The Labute approximate surface area is 98.3 Å².